The lowest BCUT2D eigenvalue weighted by Crippen LogP contribution is -2.35. The third kappa shape index (κ3) is 3.70. The zero-order chi connectivity index (χ0) is 12.1. The first-order valence-electron chi connectivity index (χ1n) is 6.63. The summed E-state index contributed by atoms with van der Waals surface area (Å²) in [6, 6.07) is 0.642. The van der Waals surface area contributed by atoms with Crippen molar-refractivity contribution in [3.8, 4) is 0 Å². The van der Waals surface area contributed by atoms with Gasteiger partial charge in [0.05, 0.1) is 0 Å². The minimum absolute atomic E-state index is 0.642. The Labute approximate surface area is 101 Å². The van der Waals surface area contributed by atoms with Crippen molar-refractivity contribution in [2.45, 2.75) is 59.4 Å². The molecule has 0 bridgehead atoms. The highest BCUT2D eigenvalue weighted by atomic mass is 14.9. The summed E-state index contributed by atoms with van der Waals surface area (Å²) in [7, 11) is 0. The molecule has 0 saturated heterocycles. The fourth-order valence-electron chi connectivity index (χ4n) is 2.50. The highest BCUT2D eigenvalue weighted by molar-refractivity contribution is 5.24. The molecule has 92 valence electrons. The maximum atomic E-state index is 4.11. The Hall–Kier alpha value is -0.720. The lowest BCUT2D eigenvalue weighted by molar-refractivity contribution is 0.240. The van der Waals surface area contributed by atoms with Crippen LogP contribution in [0, 0.1) is 11.8 Å². The van der Waals surface area contributed by atoms with Crippen LogP contribution in [0.25, 0.3) is 0 Å². The first kappa shape index (κ1) is 13.3. The average Bonchev–Trinajstić information content (AvgIpc) is 2.28. The Balaban J connectivity index is 2.46. The Morgan fingerprint density at radius 1 is 1.38 bits per heavy atom. The van der Waals surface area contributed by atoms with Crippen LogP contribution in [0.1, 0.15) is 53.4 Å². The zero-order valence-corrected chi connectivity index (χ0v) is 11.3. The van der Waals surface area contributed by atoms with Crippen LogP contribution in [0.15, 0.2) is 23.9 Å². The van der Waals surface area contributed by atoms with Gasteiger partial charge in [-0.3, -0.25) is 0 Å². The summed E-state index contributed by atoms with van der Waals surface area (Å²) in [6.45, 7) is 13.0. The summed E-state index contributed by atoms with van der Waals surface area (Å²) in [5.74, 6) is 1.71. The van der Waals surface area contributed by atoms with E-state index in [1.807, 2.05) is 0 Å². The van der Waals surface area contributed by atoms with Crippen LogP contribution in [0.4, 0.5) is 0 Å². The Bertz CT molecular complexity index is 263. The van der Waals surface area contributed by atoms with Crippen molar-refractivity contribution in [3.63, 3.8) is 0 Å². The summed E-state index contributed by atoms with van der Waals surface area (Å²) < 4.78 is 0. The molecule has 1 aliphatic rings. The predicted octanol–water partition coefficient (Wildman–Crippen LogP) is 4.27. The Kier molecular flexibility index (Phi) is 5.11. The van der Waals surface area contributed by atoms with Gasteiger partial charge in [-0.05, 0) is 44.1 Å². The van der Waals surface area contributed by atoms with E-state index >= 15 is 0 Å². The molecule has 2 atom stereocenters. The van der Waals surface area contributed by atoms with Gasteiger partial charge in [-0.2, -0.15) is 0 Å². The summed E-state index contributed by atoms with van der Waals surface area (Å²) in [4.78, 5) is 0. The molecule has 1 aliphatic carbocycles. The SMILES string of the molecule is C=C(NC1CCCC(C(C)C)C1)/C(C)=C/C. The van der Waals surface area contributed by atoms with Gasteiger partial charge in [0.25, 0.3) is 0 Å². The van der Waals surface area contributed by atoms with Crippen molar-refractivity contribution >= 4 is 0 Å². The van der Waals surface area contributed by atoms with E-state index in [2.05, 4.69) is 45.7 Å². The maximum Gasteiger partial charge on any atom is 0.0295 e. The zero-order valence-electron chi connectivity index (χ0n) is 11.3. The monoisotopic (exact) mass is 221 g/mol. The summed E-state index contributed by atoms with van der Waals surface area (Å²) in [5, 5.41) is 3.59. The van der Waals surface area contributed by atoms with Crippen LogP contribution in [0.5, 0.6) is 0 Å². The Morgan fingerprint density at radius 2 is 2.06 bits per heavy atom. The van der Waals surface area contributed by atoms with E-state index in [1.54, 1.807) is 0 Å². The van der Waals surface area contributed by atoms with Crippen molar-refractivity contribution in [1.82, 2.24) is 5.32 Å². The molecular weight excluding hydrogens is 194 g/mol. The molecule has 1 saturated carbocycles. The molecule has 1 N–H and O–H groups in total. The standard InChI is InChI=1S/C15H27N/c1-6-12(4)13(5)16-15-9-7-8-14(10-15)11(2)3/h6,11,14-16H,5,7-10H2,1-4H3/b12-6+. The number of rotatable bonds is 4. The number of nitrogens with one attached hydrogen (secondary N) is 1. The van der Waals surface area contributed by atoms with Crippen LogP contribution < -0.4 is 5.32 Å². The second-order valence-corrected chi connectivity index (χ2v) is 5.46. The van der Waals surface area contributed by atoms with Crippen LogP contribution in [-0.4, -0.2) is 6.04 Å². The smallest absolute Gasteiger partial charge is 0.0295 e. The van der Waals surface area contributed by atoms with Crippen LogP contribution in [0.3, 0.4) is 0 Å². The van der Waals surface area contributed by atoms with Crippen LogP contribution >= 0.6 is 0 Å². The molecule has 1 heteroatoms. The van der Waals surface area contributed by atoms with Gasteiger partial charge in [0.15, 0.2) is 0 Å². The van der Waals surface area contributed by atoms with Gasteiger partial charge in [0.1, 0.15) is 0 Å². The van der Waals surface area contributed by atoms with Gasteiger partial charge >= 0.3 is 0 Å². The Morgan fingerprint density at radius 3 is 2.62 bits per heavy atom. The van der Waals surface area contributed by atoms with Crippen molar-refractivity contribution in [2.75, 3.05) is 0 Å². The molecular formula is C15H27N. The van der Waals surface area contributed by atoms with Crippen LogP contribution in [0.2, 0.25) is 0 Å². The summed E-state index contributed by atoms with van der Waals surface area (Å²) in [5.41, 5.74) is 2.38. The van der Waals surface area contributed by atoms with Crippen molar-refractivity contribution in [2.24, 2.45) is 11.8 Å². The number of hydrogen-bond acceptors (Lipinski definition) is 1. The normalized spacial score (nSPS) is 26.9. The van der Waals surface area contributed by atoms with Crippen molar-refractivity contribution < 1.29 is 0 Å². The minimum atomic E-state index is 0.642. The molecule has 2 unspecified atom stereocenters. The lowest BCUT2D eigenvalue weighted by atomic mass is 9.79. The van der Waals surface area contributed by atoms with E-state index in [-0.39, 0.29) is 0 Å². The molecule has 0 aromatic carbocycles. The largest absolute Gasteiger partial charge is 0.383 e. The van der Waals surface area contributed by atoms with Gasteiger partial charge in [-0.15, -0.1) is 0 Å². The third-order valence-electron chi connectivity index (χ3n) is 3.94. The van der Waals surface area contributed by atoms with Gasteiger partial charge in [0, 0.05) is 11.7 Å². The minimum Gasteiger partial charge on any atom is -0.383 e. The molecule has 1 rings (SSSR count). The van der Waals surface area contributed by atoms with E-state index in [1.165, 1.54) is 31.3 Å². The maximum absolute atomic E-state index is 4.11. The molecule has 16 heavy (non-hydrogen) atoms. The summed E-state index contributed by atoms with van der Waals surface area (Å²) >= 11 is 0. The van der Waals surface area contributed by atoms with Crippen LogP contribution in [-0.2, 0) is 0 Å². The molecule has 0 spiro atoms. The van der Waals surface area contributed by atoms with E-state index in [4.69, 9.17) is 0 Å². The van der Waals surface area contributed by atoms with Gasteiger partial charge in [-0.25, -0.2) is 0 Å². The summed E-state index contributed by atoms with van der Waals surface area (Å²) in [6.07, 6.45) is 7.51. The highest BCUT2D eigenvalue weighted by Crippen LogP contribution is 2.30. The van der Waals surface area contributed by atoms with Crippen molar-refractivity contribution in [1.29, 1.82) is 0 Å². The lowest BCUT2D eigenvalue weighted by Gasteiger charge is -2.33. The van der Waals surface area contributed by atoms with Gasteiger partial charge < -0.3 is 5.32 Å². The average molecular weight is 221 g/mol. The topological polar surface area (TPSA) is 12.0 Å². The molecule has 0 aromatic heterocycles. The second kappa shape index (κ2) is 6.12. The predicted molar refractivity (Wildman–Crippen MR) is 72.3 cm³/mol. The quantitative estimate of drug-likeness (QED) is 0.699. The molecule has 1 fully saturated rings. The third-order valence-corrected chi connectivity index (χ3v) is 3.94. The fraction of sp³-hybridized carbons (Fsp3) is 0.733. The molecule has 0 amide bonds. The molecule has 0 aliphatic heterocycles. The first-order chi connectivity index (χ1) is 7.54. The molecule has 0 heterocycles. The van der Waals surface area contributed by atoms with E-state index in [0.29, 0.717) is 6.04 Å². The molecule has 0 radical (unpaired) electrons. The van der Waals surface area contributed by atoms with Crippen molar-refractivity contribution in [3.05, 3.63) is 23.9 Å². The first-order valence-corrected chi connectivity index (χ1v) is 6.63. The van der Waals surface area contributed by atoms with E-state index < -0.39 is 0 Å². The molecule has 1 nitrogen and oxygen atoms in total. The number of allylic oxidation sites excluding steroid dienone is 2. The molecule has 0 aromatic rings. The van der Waals surface area contributed by atoms with E-state index in [9.17, 15) is 0 Å². The fourth-order valence-corrected chi connectivity index (χ4v) is 2.50. The highest BCUT2D eigenvalue weighted by Gasteiger charge is 2.24. The van der Waals surface area contributed by atoms with Gasteiger partial charge in [0.2, 0.25) is 0 Å². The second-order valence-electron chi connectivity index (χ2n) is 5.46. The van der Waals surface area contributed by atoms with E-state index in [0.717, 1.165) is 17.5 Å². The van der Waals surface area contributed by atoms with Gasteiger partial charge in [-0.1, -0.05) is 39.3 Å². The number of hydrogen-bond donors (Lipinski definition) is 1.